The lowest BCUT2D eigenvalue weighted by Crippen LogP contribution is -2.29. The fourth-order valence-electron chi connectivity index (χ4n) is 1.37. The van der Waals surface area contributed by atoms with Crippen molar-refractivity contribution in [2.75, 3.05) is 0 Å². The molecule has 4 heteroatoms. The summed E-state index contributed by atoms with van der Waals surface area (Å²) in [7, 11) is 0. The Labute approximate surface area is 87.3 Å². The molecule has 4 nitrogen and oxygen atoms in total. The van der Waals surface area contributed by atoms with E-state index in [2.05, 4.69) is 5.43 Å². The van der Waals surface area contributed by atoms with Gasteiger partial charge < -0.3 is 4.57 Å². The van der Waals surface area contributed by atoms with Gasteiger partial charge in [0.2, 0.25) is 0 Å². The summed E-state index contributed by atoms with van der Waals surface area (Å²) in [5.74, 6) is 4.75. The number of hydrazine groups is 1. The van der Waals surface area contributed by atoms with Crippen LogP contribution in [0.25, 0.3) is 5.69 Å². The zero-order valence-corrected chi connectivity index (χ0v) is 8.05. The van der Waals surface area contributed by atoms with Crippen molar-refractivity contribution in [3.05, 3.63) is 54.4 Å². The van der Waals surface area contributed by atoms with Crippen molar-refractivity contribution in [3.8, 4) is 5.69 Å². The van der Waals surface area contributed by atoms with Crippen molar-refractivity contribution < 1.29 is 4.79 Å². The van der Waals surface area contributed by atoms with E-state index in [-0.39, 0.29) is 5.91 Å². The third-order valence-electron chi connectivity index (χ3n) is 2.16. The minimum atomic E-state index is -0.283. The average molecular weight is 201 g/mol. The molecule has 0 unspecified atom stereocenters. The molecule has 0 saturated carbocycles. The second-order valence-electron chi connectivity index (χ2n) is 3.11. The molecule has 2 aromatic rings. The Hall–Kier alpha value is -2.07. The molecule has 0 aliphatic rings. The lowest BCUT2D eigenvalue weighted by molar-refractivity contribution is 0.0953. The van der Waals surface area contributed by atoms with Crippen LogP contribution in [0.15, 0.2) is 48.8 Å². The van der Waals surface area contributed by atoms with E-state index in [9.17, 15) is 4.79 Å². The number of carbonyl (C=O) groups excluding carboxylic acids is 1. The summed E-state index contributed by atoms with van der Waals surface area (Å²) in [6, 6.07) is 11.1. The highest BCUT2D eigenvalue weighted by molar-refractivity contribution is 5.93. The van der Waals surface area contributed by atoms with E-state index in [0.717, 1.165) is 5.69 Å². The van der Waals surface area contributed by atoms with Crippen LogP contribution in [-0.2, 0) is 0 Å². The topological polar surface area (TPSA) is 60.0 Å². The number of hydrogen-bond acceptors (Lipinski definition) is 2. The maximum atomic E-state index is 11.2. The first-order valence-electron chi connectivity index (χ1n) is 4.55. The highest BCUT2D eigenvalue weighted by atomic mass is 16.2. The lowest BCUT2D eigenvalue weighted by atomic mass is 10.2. The highest BCUT2D eigenvalue weighted by Gasteiger charge is 2.02. The Morgan fingerprint density at radius 3 is 2.27 bits per heavy atom. The van der Waals surface area contributed by atoms with Crippen LogP contribution in [0.1, 0.15) is 10.4 Å². The molecule has 0 radical (unpaired) electrons. The quantitative estimate of drug-likeness (QED) is 0.434. The van der Waals surface area contributed by atoms with Crippen LogP contribution < -0.4 is 11.3 Å². The van der Waals surface area contributed by atoms with Gasteiger partial charge in [-0.25, -0.2) is 5.84 Å². The van der Waals surface area contributed by atoms with Crippen molar-refractivity contribution in [2.24, 2.45) is 5.84 Å². The molecule has 0 spiro atoms. The summed E-state index contributed by atoms with van der Waals surface area (Å²) < 4.78 is 1.96. The minimum absolute atomic E-state index is 0.283. The third-order valence-corrected chi connectivity index (χ3v) is 2.16. The number of hydrogen-bond donors (Lipinski definition) is 2. The molecular formula is C11H11N3O. The van der Waals surface area contributed by atoms with Gasteiger partial charge in [0.05, 0.1) is 0 Å². The summed E-state index contributed by atoms with van der Waals surface area (Å²) >= 11 is 0. The SMILES string of the molecule is NNC(=O)c1ccc(-n2cccc2)cc1. The minimum Gasteiger partial charge on any atom is -0.324 e. The zero-order chi connectivity index (χ0) is 10.7. The number of rotatable bonds is 2. The maximum absolute atomic E-state index is 11.2. The number of aromatic nitrogens is 1. The van der Waals surface area contributed by atoms with Crippen molar-refractivity contribution in [3.63, 3.8) is 0 Å². The summed E-state index contributed by atoms with van der Waals surface area (Å²) in [6.45, 7) is 0. The number of carbonyl (C=O) groups is 1. The highest BCUT2D eigenvalue weighted by Crippen LogP contribution is 2.09. The van der Waals surface area contributed by atoms with Crippen LogP contribution in [0.4, 0.5) is 0 Å². The smallest absolute Gasteiger partial charge is 0.265 e. The summed E-state index contributed by atoms with van der Waals surface area (Å²) in [5.41, 5.74) is 3.65. The first-order chi connectivity index (χ1) is 7.31. The molecule has 1 aromatic heterocycles. The number of amides is 1. The second-order valence-corrected chi connectivity index (χ2v) is 3.11. The van der Waals surface area contributed by atoms with E-state index in [1.165, 1.54) is 0 Å². The summed E-state index contributed by atoms with van der Waals surface area (Å²) in [6.07, 6.45) is 3.88. The van der Waals surface area contributed by atoms with Gasteiger partial charge in [-0.3, -0.25) is 10.2 Å². The summed E-state index contributed by atoms with van der Waals surface area (Å²) in [5, 5.41) is 0. The normalized spacial score (nSPS) is 9.93. The Morgan fingerprint density at radius 1 is 1.13 bits per heavy atom. The van der Waals surface area contributed by atoms with Crippen molar-refractivity contribution in [2.45, 2.75) is 0 Å². The van der Waals surface area contributed by atoms with Gasteiger partial charge in [-0.15, -0.1) is 0 Å². The number of nitrogen functional groups attached to an aromatic ring is 1. The van der Waals surface area contributed by atoms with Gasteiger partial charge in [-0.05, 0) is 36.4 Å². The predicted molar refractivity (Wildman–Crippen MR) is 57.4 cm³/mol. The summed E-state index contributed by atoms with van der Waals surface area (Å²) in [4.78, 5) is 11.2. The van der Waals surface area contributed by atoms with Gasteiger partial charge in [-0.1, -0.05) is 0 Å². The Kier molecular flexibility index (Phi) is 2.51. The number of benzene rings is 1. The molecule has 0 aliphatic carbocycles. The first-order valence-corrected chi connectivity index (χ1v) is 4.55. The van der Waals surface area contributed by atoms with Crippen molar-refractivity contribution >= 4 is 5.91 Å². The fraction of sp³-hybridized carbons (Fsp3) is 0. The molecule has 2 rings (SSSR count). The van der Waals surface area contributed by atoms with E-state index in [1.807, 2.05) is 41.2 Å². The van der Waals surface area contributed by atoms with E-state index in [1.54, 1.807) is 12.1 Å². The van der Waals surface area contributed by atoms with Crippen LogP contribution in [0.5, 0.6) is 0 Å². The molecular weight excluding hydrogens is 190 g/mol. The van der Waals surface area contributed by atoms with Crippen LogP contribution in [0.3, 0.4) is 0 Å². The van der Waals surface area contributed by atoms with Gasteiger partial charge >= 0.3 is 0 Å². The van der Waals surface area contributed by atoms with Gasteiger partial charge in [-0.2, -0.15) is 0 Å². The third kappa shape index (κ3) is 1.89. The monoisotopic (exact) mass is 201 g/mol. The molecule has 76 valence electrons. The van der Waals surface area contributed by atoms with E-state index in [0.29, 0.717) is 5.56 Å². The largest absolute Gasteiger partial charge is 0.324 e. The van der Waals surface area contributed by atoms with Gasteiger partial charge in [0.25, 0.3) is 5.91 Å². The van der Waals surface area contributed by atoms with Crippen LogP contribution >= 0.6 is 0 Å². The van der Waals surface area contributed by atoms with Crippen LogP contribution in [0.2, 0.25) is 0 Å². The Balaban J connectivity index is 2.29. The second kappa shape index (κ2) is 3.98. The molecule has 1 aromatic carbocycles. The van der Waals surface area contributed by atoms with Gasteiger partial charge in [0.1, 0.15) is 0 Å². The maximum Gasteiger partial charge on any atom is 0.265 e. The predicted octanol–water partition coefficient (Wildman–Crippen LogP) is 1.08. The number of nitrogens with one attached hydrogen (secondary N) is 1. The molecule has 0 bridgehead atoms. The van der Waals surface area contributed by atoms with Gasteiger partial charge in [0.15, 0.2) is 0 Å². The zero-order valence-electron chi connectivity index (χ0n) is 8.05. The van der Waals surface area contributed by atoms with E-state index in [4.69, 9.17) is 5.84 Å². The Morgan fingerprint density at radius 2 is 1.73 bits per heavy atom. The van der Waals surface area contributed by atoms with Gasteiger partial charge in [0, 0.05) is 23.6 Å². The fourth-order valence-corrected chi connectivity index (χ4v) is 1.37. The Bertz CT molecular complexity index is 445. The molecule has 15 heavy (non-hydrogen) atoms. The average Bonchev–Trinajstić information content (AvgIpc) is 2.82. The van der Waals surface area contributed by atoms with Crippen LogP contribution in [0, 0.1) is 0 Å². The lowest BCUT2D eigenvalue weighted by Gasteiger charge is -2.04. The number of nitrogens with two attached hydrogens (primary N) is 1. The molecule has 1 amide bonds. The first kappa shape index (κ1) is 9.48. The van der Waals surface area contributed by atoms with E-state index >= 15 is 0 Å². The van der Waals surface area contributed by atoms with Crippen molar-refractivity contribution in [1.29, 1.82) is 0 Å². The van der Waals surface area contributed by atoms with Crippen molar-refractivity contribution in [1.82, 2.24) is 9.99 Å². The molecule has 3 N–H and O–H groups in total. The molecule has 0 aliphatic heterocycles. The molecule has 0 atom stereocenters. The molecule has 1 heterocycles. The standard InChI is InChI=1S/C11H11N3O/c12-13-11(15)9-3-5-10(6-4-9)14-7-1-2-8-14/h1-8H,12H2,(H,13,15). The van der Waals surface area contributed by atoms with E-state index < -0.39 is 0 Å². The molecule has 0 saturated heterocycles. The molecule has 0 fully saturated rings. The van der Waals surface area contributed by atoms with Crippen LogP contribution in [-0.4, -0.2) is 10.5 Å². The number of nitrogens with zero attached hydrogens (tertiary/aromatic N) is 1.